The fraction of sp³-hybridized carbons (Fsp3) is 1.00. The van der Waals surface area contributed by atoms with Crippen LogP contribution in [0.5, 0.6) is 0 Å². The Balaban J connectivity index is -0.000000111. The number of nitrogens with zero attached hydrogens (tertiary/aromatic N) is 4. The van der Waals surface area contributed by atoms with Crippen molar-refractivity contribution in [1.29, 1.82) is 0 Å². The van der Waals surface area contributed by atoms with Crippen molar-refractivity contribution in [2.75, 3.05) is 60.4 Å². The normalized spacial score (nSPS) is 10.2. The molecule has 0 aromatic heterocycles. The Kier molecular flexibility index (Phi) is 31.3. The molecule has 0 heterocycles. The summed E-state index contributed by atoms with van der Waals surface area (Å²) in [4.78, 5) is 6.75. The Labute approximate surface area is 167 Å². The molecule has 0 saturated carbocycles. The van der Waals surface area contributed by atoms with E-state index < -0.39 is 0 Å². The number of hydrogen-bond acceptors (Lipinski definition) is 4. The van der Waals surface area contributed by atoms with Gasteiger partial charge in [0.05, 0.1) is 0 Å². The topological polar surface area (TPSA) is 22.1 Å². The maximum Gasteiger partial charge on any atom is -0.00504 e. The minimum Gasteiger partial charge on any atom is -0.307 e. The average Bonchev–Trinajstić information content (AvgIpc) is 2.60. The SMILES string of the molecule is CC(C)(C)[N]=[Ta].CCN(C)CC.CCN(C)CC.CCN(C)CC. The summed E-state index contributed by atoms with van der Waals surface area (Å²) in [7, 11) is 6.33. The minimum atomic E-state index is 0.216. The Morgan fingerprint density at radius 2 is 0.708 bits per heavy atom. The Bertz CT molecular complexity index is 194. The van der Waals surface area contributed by atoms with E-state index in [9.17, 15) is 0 Å². The van der Waals surface area contributed by atoms with E-state index in [1.165, 1.54) is 0 Å². The number of rotatable bonds is 6. The first-order valence-corrected chi connectivity index (χ1v) is 10.8. The van der Waals surface area contributed by atoms with Crippen LogP contribution >= 0.6 is 0 Å². The molecule has 4 nitrogen and oxygen atoms in total. The quantitative estimate of drug-likeness (QED) is 0.526. The van der Waals surface area contributed by atoms with Crippen LogP contribution in [-0.4, -0.2) is 80.7 Å². The Hall–Kier alpha value is 0.420. The van der Waals surface area contributed by atoms with Gasteiger partial charge in [-0.05, 0) is 60.4 Å². The van der Waals surface area contributed by atoms with Gasteiger partial charge in [0.15, 0.2) is 0 Å². The molecule has 0 N–H and O–H groups in total. The zero-order valence-corrected chi connectivity index (χ0v) is 22.2. The summed E-state index contributed by atoms with van der Waals surface area (Å²) in [6.07, 6.45) is 0. The molecule has 0 unspecified atom stereocenters. The zero-order chi connectivity index (χ0) is 20.2. The van der Waals surface area contributed by atoms with Crippen molar-refractivity contribution in [2.45, 2.75) is 67.9 Å². The fourth-order valence-electron chi connectivity index (χ4n) is 0.671. The van der Waals surface area contributed by atoms with E-state index in [4.69, 9.17) is 0 Å². The summed E-state index contributed by atoms with van der Waals surface area (Å²) < 4.78 is 4.13. The monoisotopic (exact) mass is 513 g/mol. The van der Waals surface area contributed by atoms with Crippen LogP contribution in [0.15, 0.2) is 3.34 Å². The maximum absolute atomic E-state index is 4.13. The smallest absolute Gasteiger partial charge is 0.00504 e. The van der Waals surface area contributed by atoms with Crippen molar-refractivity contribution in [3.63, 3.8) is 0 Å². The molecule has 0 aliphatic carbocycles. The van der Waals surface area contributed by atoms with Crippen molar-refractivity contribution >= 4 is 0 Å². The van der Waals surface area contributed by atoms with Gasteiger partial charge in [0, 0.05) is 0 Å². The third-order valence-electron chi connectivity index (χ3n) is 3.54. The van der Waals surface area contributed by atoms with E-state index >= 15 is 0 Å². The summed E-state index contributed by atoms with van der Waals surface area (Å²) in [5, 5.41) is 0. The van der Waals surface area contributed by atoms with Gasteiger partial charge in [-0.15, -0.1) is 0 Å². The molecule has 0 aliphatic rings. The first kappa shape index (κ1) is 32.1. The number of hydrogen-bond donors (Lipinski definition) is 0. The van der Waals surface area contributed by atoms with Gasteiger partial charge in [0.2, 0.25) is 0 Å². The van der Waals surface area contributed by atoms with Gasteiger partial charge >= 0.3 is 50.5 Å². The van der Waals surface area contributed by atoms with Crippen molar-refractivity contribution in [1.82, 2.24) is 14.7 Å². The molecule has 0 aromatic carbocycles. The van der Waals surface area contributed by atoms with Crippen LogP contribution in [0, 0.1) is 0 Å². The predicted octanol–water partition coefficient (Wildman–Crippen LogP) is 4.39. The van der Waals surface area contributed by atoms with Crippen LogP contribution in [0.25, 0.3) is 0 Å². The molecule has 0 rings (SSSR count). The molecule has 0 saturated heterocycles. The molecular weight excluding hydrogens is 465 g/mol. The Morgan fingerprint density at radius 1 is 0.583 bits per heavy atom. The maximum atomic E-state index is 4.13. The van der Waals surface area contributed by atoms with Gasteiger partial charge in [-0.1, -0.05) is 41.5 Å². The molecule has 0 aromatic rings. The van der Waals surface area contributed by atoms with Gasteiger partial charge < -0.3 is 14.7 Å². The molecule has 0 bridgehead atoms. The summed E-state index contributed by atoms with van der Waals surface area (Å²) >= 11 is 1.15. The largest absolute Gasteiger partial charge is 0.307 e. The minimum absolute atomic E-state index is 0.216. The van der Waals surface area contributed by atoms with Gasteiger partial charge in [0.1, 0.15) is 0 Å². The van der Waals surface area contributed by atoms with E-state index in [0.717, 1.165) is 60.2 Å². The third kappa shape index (κ3) is 43.3. The molecule has 0 aliphatic heterocycles. The fourth-order valence-corrected chi connectivity index (χ4v) is 0.671. The molecule has 0 radical (unpaired) electrons. The van der Waals surface area contributed by atoms with Crippen LogP contribution in [-0.2, 0) is 20.9 Å². The third-order valence-corrected chi connectivity index (χ3v) is 5.69. The molecule has 149 valence electrons. The van der Waals surface area contributed by atoms with Gasteiger partial charge in [0.25, 0.3) is 0 Å². The van der Waals surface area contributed by atoms with Gasteiger partial charge in [-0.3, -0.25) is 0 Å². The second-order valence-corrected chi connectivity index (χ2v) is 7.45. The first-order valence-electron chi connectivity index (χ1n) is 9.41. The van der Waals surface area contributed by atoms with Crippen molar-refractivity contribution < 1.29 is 20.9 Å². The van der Waals surface area contributed by atoms with Crippen molar-refractivity contribution in [2.24, 2.45) is 3.34 Å². The van der Waals surface area contributed by atoms with E-state index in [-0.39, 0.29) is 5.54 Å². The van der Waals surface area contributed by atoms with E-state index in [1.54, 1.807) is 0 Å². The summed E-state index contributed by atoms with van der Waals surface area (Å²) in [5.74, 6) is 0. The van der Waals surface area contributed by atoms with Crippen LogP contribution < -0.4 is 0 Å². The summed E-state index contributed by atoms with van der Waals surface area (Å²) in [6.45, 7) is 26.2. The van der Waals surface area contributed by atoms with Crippen LogP contribution in [0.1, 0.15) is 62.3 Å². The van der Waals surface area contributed by atoms with Crippen LogP contribution in [0.4, 0.5) is 0 Å². The average molecular weight is 514 g/mol. The molecule has 0 atom stereocenters. The van der Waals surface area contributed by atoms with Crippen molar-refractivity contribution in [3.05, 3.63) is 0 Å². The Morgan fingerprint density at radius 3 is 0.708 bits per heavy atom. The van der Waals surface area contributed by atoms with E-state index in [2.05, 4.69) is 101 Å². The predicted molar refractivity (Wildman–Crippen MR) is 109 cm³/mol. The molecule has 0 fully saturated rings. The zero-order valence-electron chi connectivity index (χ0n) is 19.0. The van der Waals surface area contributed by atoms with Crippen LogP contribution in [0.3, 0.4) is 0 Å². The van der Waals surface area contributed by atoms with Crippen LogP contribution in [0.2, 0.25) is 0 Å². The molecule has 0 spiro atoms. The molecule has 0 amide bonds. The molecule has 24 heavy (non-hydrogen) atoms. The second kappa shape index (κ2) is 23.4. The molecule has 5 heteroatoms. The summed E-state index contributed by atoms with van der Waals surface area (Å²) in [5.41, 5.74) is 0.216. The second-order valence-electron chi connectivity index (χ2n) is 6.74. The van der Waals surface area contributed by atoms with Gasteiger partial charge in [-0.25, -0.2) is 0 Å². The standard InChI is InChI=1S/3C5H13N.C4H9N.Ta/c3*1-4-6(3)5-2;1-4(2,3)5;/h3*4-5H2,1-3H3;1-3H3;. The first-order chi connectivity index (χ1) is 11.0. The van der Waals surface area contributed by atoms with Gasteiger partial charge in [-0.2, -0.15) is 0 Å². The van der Waals surface area contributed by atoms with Crippen molar-refractivity contribution in [3.8, 4) is 0 Å². The van der Waals surface area contributed by atoms with E-state index in [0.29, 0.717) is 0 Å². The van der Waals surface area contributed by atoms with E-state index in [1.807, 2.05) is 0 Å². The summed E-state index contributed by atoms with van der Waals surface area (Å²) in [6, 6.07) is 0. The molecular formula is C19H48N4Ta.